The maximum absolute atomic E-state index is 12.3. The molecule has 0 atom stereocenters. The van der Waals surface area contributed by atoms with Gasteiger partial charge in [-0.1, -0.05) is 6.07 Å². The third kappa shape index (κ3) is 3.17. The molecule has 0 fully saturated rings. The zero-order valence-electron chi connectivity index (χ0n) is 11.7. The summed E-state index contributed by atoms with van der Waals surface area (Å²) < 4.78 is 28.9. The summed E-state index contributed by atoms with van der Waals surface area (Å²) in [6.07, 6.45) is 1.59. The monoisotopic (exact) mass is 294 g/mol. The SMILES string of the molecule is CNCc1cc(S(=O)(=O)Nc2cccc(C)n2)cn1C. The van der Waals surface area contributed by atoms with Crippen molar-refractivity contribution in [3.05, 3.63) is 41.9 Å². The van der Waals surface area contributed by atoms with Gasteiger partial charge in [-0.15, -0.1) is 0 Å². The number of nitrogens with one attached hydrogen (secondary N) is 2. The van der Waals surface area contributed by atoms with Crippen LogP contribution < -0.4 is 10.0 Å². The van der Waals surface area contributed by atoms with Crippen LogP contribution in [0, 0.1) is 6.92 Å². The molecule has 0 aliphatic carbocycles. The number of aryl methyl sites for hydroxylation is 2. The van der Waals surface area contributed by atoms with Gasteiger partial charge in [0, 0.05) is 31.2 Å². The lowest BCUT2D eigenvalue weighted by molar-refractivity contribution is 0.601. The Kier molecular flexibility index (Phi) is 4.10. The first-order chi connectivity index (χ1) is 9.42. The van der Waals surface area contributed by atoms with E-state index in [1.807, 2.05) is 27.1 Å². The van der Waals surface area contributed by atoms with Crippen LogP contribution in [0.15, 0.2) is 35.4 Å². The zero-order chi connectivity index (χ0) is 14.8. The van der Waals surface area contributed by atoms with E-state index in [1.54, 1.807) is 29.0 Å². The second-order valence-corrected chi connectivity index (χ2v) is 6.26. The van der Waals surface area contributed by atoms with Gasteiger partial charge < -0.3 is 9.88 Å². The lowest BCUT2D eigenvalue weighted by Crippen LogP contribution is -2.13. The average molecular weight is 294 g/mol. The third-order valence-electron chi connectivity index (χ3n) is 2.88. The normalized spacial score (nSPS) is 11.6. The molecule has 2 aromatic rings. The van der Waals surface area contributed by atoms with Gasteiger partial charge in [-0.25, -0.2) is 13.4 Å². The van der Waals surface area contributed by atoms with E-state index < -0.39 is 10.0 Å². The summed E-state index contributed by atoms with van der Waals surface area (Å²) in [4.78, 5) is 4.37. The van der Waals surface area contributed by atoms with Crippen LogP contribution in [-0.4, -0.2) is 25.0 Å². The lowest BCUT2D eigenvalue weighted by atomic mass is 10.4. The first-order valence-electron chi connectivity index (χ1n) is 6.18. The second kappa shape index (κ2) is 5.64. The van der Waals surface area contributed by atoms with Crippen LogP contribution in [-0.2, 0) is 23.6 Å². The van der Waals surface area contributed by atoms with Crippen molar-refractivity contribution in [1.82, 2.24) is 14.9 Å². The molecule has 108 valence electrons. The van der Waals surface area contributed by atoms with E-state index in [2.05, 4.69) is 15.0 Å². The number of hydrogen-bond acceptors (Lipinski definition) is 4. The fraction of sp³-hybridized carbons (Fsp3) is 0.308. The van der Waals surface area contributed by atoms with Crippen LogP contribution in [0.3, 0.4) is 0 Å². The predicted octanol–water partition coefficient (Wildman–Crippen LogP) is 1.25. The number of rotatable bonds is 5. The highest BCUT2D eigenvalue weighted by molar-refractivity contribution is 7.92. The molecule has 2 aromatic heterocycles. The molecule has 0 aromatic carbocycles. The van der Waals surface area contributed by atoms with Gasteiger partial charge >= 0.3 is 0 Å². The molecule has 2 rings (SSSR count). The molecular weight excluding hydrogens is 276 g/mol. The van der Waals surface area contributed by atoms with Crippen molar-refractivity contribution >= 4 is 15.8 Å². The maximum Gasteiger partial charge on any atom is 0.264 e. The molecule has 0 saturated carbocycles. The van der Waals surface area contributed by atoms with Gasteiger partial charge in [0.05, 0.1) is 0 Å². The summed E-state index contributed by atoms with van der Waals surface area (Å²) >= 11 is 0. The minimum absolute atomic E-state index is 0.230. The molecule has 0 spiro atoms. The van der Waals surface area contributed by atoms with E-state index in [1.165, 1.54) is 0 Å². The zero-order valence-corrected chi connectivity index (χ0v) is 12.5. The van der Waals surface area contributed by atoms with Crippen molar-refractivity contribution in [3.63, 3.8) is 0 Å². The Labute approximate surface area is 118 Å². The Morgan fingerprint density at radius 1 is 1.35 bits per heavy atom. The molecule has 2 N–H and O–H groups in total. The van der Waals surface area contributed by atoms with Crippen molar-refractivity contribution in [2.75, 3.05) is 11.8 Å². The van der Waals surface area contributed by atoms with Gasteiger partial charge in [0.15, 0.2) is 0 Å². The first kappa shape index (κ1) is 14.5. The Balaban J connectivity index is 2.28. The fourth-order valence-electron chi connectivity index (χ4n) is 1.88. The van der Waals surface area contributed by atoms with Crippen molar-refractivity contribution in [2.45, 2.75) is 18.4 Å². The molecule has 2 heterocycles. The minimum atomic E-state index is -3.61. The Morgan fingerprint density at radius 3 is 2.75 bits per heavy atom. The standard InChI is InChI=1S/C13H18N4O2S/c1-10-5-4-6-13(15-10)16-20(18,19)12-7-11(8-14-2)17(3)9-12/h4-7,9,14H,8H2,1-3H3,(H,15,16). The molecule has 0 aliphatic heterocycles. The molecular formula is C13H18N4O2S. The van der Waals surface area contributed by atoms with Gasteiger partial charge in [0.2, 0.25) is 0 Å². The molecule has 7 heteroatoms. The van der Waals surface area contributed by atoms with Crippen molar-refractivity contribution in [3.8, 4) is 0 Å². The Morgan fingerprint density at radius 2 is 2.10 bits per heavy atom. The first-order valence-corrected chi connectivity index (χ1v) is 7.67. The Bertz CT molecular complexity index is 707. The number of nitrogens with zero attached hydrogens (tertiary/aromatic N) is 2. The third-order valence-corrected chi connectivity index (χ3v) is 4.20. The number of aromatic nitrogens is 2. The Hall–Kier alpha value is -1.86. The van der Waals surface area contributed by atoms with Crippen molar-refractivity contribution < 1.29 is 8.42 Å². The van der Waals surface area contributed by atoms with Crippen LogP contribution in [0.5, 0.6) is 0 Å². The van der Waals surface area contributed by atoms with Crippen LogP contribution >= 0.6 is 0 Å². The van der Waals surface area contributed by atoms with Gasteiger partial charge in [-0.2, -0.15) is 0 Å². The summed E-state index contributed by atoms with van der Waals surface area (Å²) in [6.45, 7) is 2.42. The summed E-state index contributed by atoms with van der Waals surface area (Å²) in [7, 11) is 0.0205. The van der Waals surface area contributed by atoms with Gasteiger partial charge in [0.25, 0.3) is 10.0 Å². The molecule has 0 bridgehead atoms. The molecule has 0 radical (unpaired) electrons. The van der Waals surface area contributed by atoms with E-state index in [0.29, 0.717) is 12.4 Å². The largest absolute Gasteiger partial charge is 0.352 e. The second-order valence-electron chi connectivity index (χ2n) is 4.58. The molecule has 0 amide bonds. The van der Waals surface area contributed by atoms with Gasteiger partial charge in [0.1, 0.15) is 10.7 Å². The number of anilines is 1. The highest BCUT2D eigenvalue weighted by atomic mass is 32.2. The van der Waals surface area contributed by atoms with E-state index in [0.717, 1.165) is 11.4 Å². The van der Waals surface area contributed by atoms with E-state index in [4.69, 9.17) is 0 Å². The highest BCUT2D eigenvalue weighted by Crippen LogP contribution is 2.17. The van der Waals surface area contributed by atoms with Crippen molar-refractivity contribution in [2.24, 2.45) is 7.05 Å². The molecule has 0 aliphatic rings. The summed E-state index contributed by atoms with van der Waals surface area (Å²) in [6, 6.07) is 6.85. The summed E-state index contributed by atoms with van der Waals surface area (Å²) in [5.41, 5.74) is 1.65. The van der Waals surface area contributed by atoms with Crippen LogP contribution in [0.4, 0.5) is 5.82 Å². The van der Waals surface area contributed by atoms with Gasteiger partial charge in [-0.3, -0.25) is 4.72 Å². The molecule has 0 unspecified atom stereocenters. The van der Waals surface area contributed by atoms with Crippen LogP contribution in [0.25, 0.3) is 0 Å². The summed E-state index contributed by atoms with van der Waals surface area (Å²) in [5.74, 6) is 0.323. The predicted molar refractivity (Wildman–Crippen MR) is 78.0 cm³/mol. The van der Waals surface area contributed by atoms with E-state index >= 15 is 0 Å². The lowest BCUT2D eigenvalue weighted by Gasteiger charge is -2.05. The topological polar surface area (TPSA) is 76.0 Å². The number of hydrogen-bond donors (Lipinski definition) is 2. The number of sulfonamides is 1. The van der Waals surface area contributed by atoms with E-state index in [9.17, 15) is 8.42 Å². The highest BCUT2D eigenvalue weighted by Gasteiger charge is 2.18. The minimum Gasteiger partial charge on any atom is -0.352 e. The number of pyridine rings is 1. The molecule has 6 nitrogen and oxygen atoms in total. The average Bonchev–Trinajstić information content (AvgIpc) is 2.72. The van der Waals surface area contributed by atoms with Gasteiger partial charge in [-0.05, 0) is 32.2 Å². The molecule has 0 saturated heterocycles. The summed E-state index contributed by atoms with van der Waals surface area (Å²) in [5, 5.41) is 3.00. The van der Waals surface area contributed by atoms with E-state index in [-0.39, 0.29) is 4.90 Å². The smallest absolute Gasteiger partial charge is 0.264 e. The van der Waals surface area contributed by atoms with Crippen LogP contribution in [0.2, 0.25) is 0 Å². The fourth-order valence-corrected chi connectivity index (χ4v) is 2.97. The quantitative estimate of drug-likeness (QED) is 0.870. The van der Waals surface area contributed by atoms with Crippen molar-refractivity contribution in [1.29, 1.82) is 0 Å². The maximum atomic E-state index is 12.3. The molecule has 20 heavy (non-hydrogen) atoms. The van der Waals surface area contributed by atoms with Crippen LogP contribution in [0.1, 0.15) is 11.4 Å².